The summed E-state index contributed by atoms with van der Waals surface area (Å²) in [5.74, 6) is 2.95. The predicted molar refractivity (Wildman–Crippen MR) is 48.4 cm³/mol. The summed E-state index contributed by atoms with van der Waals surface area (Å²) in [6.07, 6.45) is 4.44. The van der Waals surface area contributed by atoms with Crippen LogP contribution in [0.3, 0.4) is 0 Å². The molecule has 3 atom stereocenters. The van der Waals surface area contributed by atoms with Crippen LogP contribution in [-0.2, 0) is 0 Å². The van der Waals surface area contributed by atoms with Gasteiger partial charge in [-0.1, -0.05) is 18.1 Å². The van der Waals surface area contributed by atoms with Gasteiger partial charge in [0.2, 0.25) is 0 Å². The van der Waals surface area contributed by atoms with E-state index in [0.29, 0.717) is 0 Å². The van der Waals surface area contributed by atoms with Crippen LogP contribution in [0.25, 0.3) is 0 Å². The summed E-state index contributed by atoms with van der Waals surface area (Å²) < 4.78 is 0. The highest BCUT2D eigenvalue weighted by atomic mass is 14.5. The lowest BCUT2D eigenvalue weighted by Crippen LogP contribution is -2.05. The molecule has 11 heavy (non-hydrogen) atoms. The Balaban J connectivity index is 2.33. The van der Waals surface area contributed by atoms with E-state index in [9.17, 15) is 0 Å². The number of fused-ring (bicyclic) bond motifs is 2. The Bertz CT molecular complexity index is 196. The first-order valence-corrected chi connectivity index (χ1v) is 4.87. The normalized spacial score (nSPS) is 41.7. The third kappa shape index (κ3) is 0.953. The van der Waals surface area contributed by atoms with Crippen LogP contribution in [0, 0.1) is 17.8 Å². The molecule has 0 heterocycles. The van der Waals surface area contributed by atoms with E-state index in [1.807, 2.05) is 5.57 Å². The van der Waals surface area contributed by atoms with E-state index >= 15 is 0 Å². The van der Waals surface area contributed by atoms with E-state index in [0.717, 1.165) is 17.8 Å². The van der Waals surface area contributed by atoms with Crippen molar-refractivity contribution < 1.29 is 0 Å². The van der Waals surface area contributed by atoms with Crippen LogP contribution in [0.4, 0.5) is 0 Å². The van der Waals surface area contributed by atoms with Crippen LogP contribution in [0.15, 0.2) is 11.1 Å². The summed E-state index contributed by atoms with van der Waals surface area (Å²) in [7, 11) is 0. The highest BCUT2D eigenvalue weighted by Crippen LogP contribution is 2.53. The molecule has 2 fully saturated rings. The van der Waals surface area contributed by atoms with Crippen LogP contribution in [0.5, 0.6) is 0 Å². The van der Waals surface area contributed by atoms with Crippen molar-refractivity contribution in [1.82, 2.24) is 0 Å². The van der Waals surface area contributed by atoms with E-state index in [1.54, 1.807) is 5.57 Å². The largest absolute Gasteiger partial charge is 0.0767 e. The fourth-order valence-electron chi connectivity index (χ4n) is 3.22. The number of rotatable bonds is 0. The van der Waals surface area contributed by atoms with Crippen molar-refractivity contribution in [2.45, 2.75) is 40.0 Å². The SMILES string of the molecule is CC(C)=C1C2CCC1C(C)C2. The van der Waals surface area contributed by atoms with Crippen molar-refractivity contribution in [2.24, 2.45) is 17.8 Å². The van der Waals surface area contributed by atoms with Gasteiger partial charge in [-0.15, -0.1) is 0 Å². The van der Waals surface area contributed by atoms with Crippen LogP contribution in [0.1, 0.15) is 40.0 Å². The molecule has 0 heteroatoms. The van der Waals surface area contributed by atoms with Gasteiger partial charge >= 0.3 is 0 Å². The Hall–Kier alpha value is -0.260. The summed E-state index contributed by atoms with van der Waals surface area (Å²) in [6, 6.07) is 0. The van der Waals surface area contributed by atoms with Crippen molar-refractivity contribution in [1.29, 1.82) is 0 Å². The fourth-order valence-corrected chi connectivity index (χ4v) is 3.22. The van der Waals surface area contributed by atoms with Crippen molar-refractivity contribution >= 4 is 0 Å². The molecule has 2 saturated carbocycles. The molecule has 3 unspecified atom stereocenters. The Morgan fingerprint density at radius 1 is 1.27 bits per heavy atom. The molecule has 0 aliphatic heterocycles. The Kier molecular flexibility index (Phi) is 1.59. The highest BCUT2D eigenvalue weighted by Gasteiger charge is 2.41. The lowest BCUT2D eigenvalue weighted by molar-refractivity contribution is 0.362. The molecule has 0 aromatic carbocycles. The van der Waals surface area contributed by atoms with Gasteiger partial charge in [-0.2, -0.15) is 0 Å². The third-order valence-electron chi connectivity index (χ3n) is 3.59. The summed E-state index contributed by atoms with van der Waals surface area (Å²) >= 11 is 0. The molecule has 0 aromatic heterocycles. The quantitative estimate of drug-likeness (QED) is 0.464. The van der Waals surface area contributed by atoms with E-state index < -0.39 is 0 Å². The number of hydrogen-bond donors (Lipinski definition) is 0. The second-order valence-corrected chi connectivity index (χ2v) is 4.55. The Labute approximate surface area is 69.7 Å². The molecule has 2 aliphatic rings. The second kappa shape index (κ2) is 2.36. The molecule has 0 N–H and O–H groups in total. The van der Waals surface area contributed by atoms with Crippen molar-refractivity contribution in [3.05, 3.63) is 11.1 Å². The maximum Gasteiger partial charge on any atom is -0.0172 e. The zero-order chi connectivity index (χ0) is 8.01. The fraction of sp³-hybridized carbons (Fsp3) is 0.818. The molecular formula is C11H18. The van der Waals surface area contributed by atoms with Gasteiger partial charge in [-0.05, 0) is 50.9 Å². The van der Waals surface area contributed by atoms with Gasteiger partial charge in [0.15, 0.2) is 0 Å². The van der Waals surface area contributed by atoms with Crippen LogP contribution < -0.4 is 0 Å². The van der Waals surface area contributed by atoms with E-state index in [2.05, 4.69) is 20.8 Å². The summed E-state index contributed by atoms with van der Waals surface area (Å²) in [6.45, 7) is 7.00. The van der Waals surface area contributed by atoms with Gasteiger partial charge < -0.3 is 0 Å². The molecule has 62 valence electrons. The van der Waals surface area contributed by atoms with Crippen LogP contribution in [-0.4, -0.2) is 0 Å². The maximum absolute atomic E-state index is 2.42. The highest BCUT2D eigenvalue weighted by molar-refractivity contribution is 5.25. The molecule has 0 aromatic rings. The van der Waals surface area contributed by atoms with E-state index in [4.69, 9.17) is 0 Å². The first-order chi connectivity index (χ1) is 5.20. The average molecular weight is 150 g/mol. The summed E-state index contributed by atoms with van der Waals surface area (Å²) in [5, 5.41) is 0. The van der Waals surface area contributed by atoms with Gasteiger partial charge in [0, 0.05) is 0 Å². The molecular weight excluding hydrogens is 132 g/mol. The monoisotopic (exact) mass is 150 g/mol. The number of allylic oxidation sites excluding steroid dienone is 2. The second-order valence-electron chi connectivity index (χ2n) is 4.55. The lowest BCUT2D eigenvalue weighted by Gasteiger charge is -2.15. The summed E-state index contributed by atoms with van der Waals surface area (Å²) in [4.78, 5) is 0. The molecule has 2 aliphatic carbocycles. The van der Waals surface area contributed by atoms with Gasteiger partial charge in [0.25, 0.3) is 0 Å². The van der Waals surface area contributed by atoms with E-state index in [1.165, 1.54) is 19.3 Å². The molecule has 0 nitrogen and oxygen atoms in total. The van der Waals surface area contributed by atoms with Gasteiger partial charge in [0.05, 0.1) is 0 Å². The lowest BCUT2D eigenvalue weighted by atomic mass is 9.90. The van der Waals surface area contributed by atoms with E-state index in [-0.39, 0.29) is 0 Å². The molecule has 2 rings (SSSR count). The average Bonchev–Trinajstić information content (AvgIpc) is 2.41. The van der Waals surface area contributed by atoms with Crippen LogP contribution in [0.2, 0.25) is 0 Å². The smallest absolute Gasteiger partial charge is 0.0172 e. The molecule has 0 saturated heterocycles. The Morgan fingerprint density at radius 2 is 2.00 bits per heavy atom. The molecule has 0 amide bonds. The zero-order valence-corrected chi connectivity index (χ0v) is 7.85. The minimum Gasteiger partial charge on any atom is -0.0767 e. The Morgan fingerprint density at radius 3 is 2.27 bits per heavy atom. The predicted octanol–water partition coefficient (Wildman–Crippen LogP) is 3.39. The van der Waals surface area contributed by atoms with Crippen molar-refractivity contribution in [2.75, 3.05) is 0 Å². The van der Waals surface area contributed by atoms with Crippen LogP contribution >= 0.6 is 0 Å². The van der Waals surface area contributed by atoms with Crippen molar-refractivity contribution in [3.63, 3.8) is 0 Å². The van der Waals surface area contributed by atoms with Gasteiger partial charge in [-0.3, -0.25) is 0 Å². The van der Waals surface area contributed by atoms with Crippen molar-refractivity contribution in [3.8, 4) is 0 Å². The minimum atomic E-state index is 0.977. The first-order valence-electron chi connectivity index (χ1n) is 4.87. The third-order valence-corrected chi connectivity index (χ3v) is 3.59. The first kappa shape index (κ1) is 7.39. The molecule has 0 radical (unpaired) electrons. The topological polar surface area (TPSA) is 0 Å². The zero-order valence-electron chi connectivity index (χ0n) is 7.85. The molecule has 2 bridgehead atoms. The maximum atomic E-state index is 2.42. The van der Waals surface area contributed by atoms with Gasteiger partial charge in [0.1, 0.15) is 0 Å². The van der Waals surface area contributed by atoms with Gasteiger partial charge in [-0.25, -0.2) is 0 Å². The summed E-state index contributed by atoms with van der Waals surface area (Å²) in [5.41, 5.74) is 3.44. The minimum absolute atomic E-state index is 0.977. The number of hydrogen-bond acceptors (Lipinski definition) is 0. The molecule has 0 spiro atoms. The standard InChI is InChI=1S/C11H18/c1-7(2)11-9-4-5-10(11)8(3)6-9/h8-10H,4-6H2,1-3H3.